The third-order valence-corrected chi connectivity index (χ3v) is 5.89. The molecule has 2 aromatic heterocycles. The molecule has 0 spiro atoms. The Labute approximate surface area is 158 Å². The third-order valence-electron chi connectivity index (χ3n) is 4.22. The highest BCUT2D eigenvalue weighted by Crippen LogP contribution is 2.38. The molecule has 0 aliphatic rings. The van der Waals surface area contributed by atoms with Gasteiger partial charge < -0.3 is 5.11 Å². The van der Waals surface area contributed by atoms with Crippen molar-refractivity contribution in [3.8, 4) is 11.9 Å². The molecule has 0 unspecified atom stereocenters. The first-order valence-electron chi connectivity index (χ1n) is 8.00. The van der Waals surface area contributed by atoms with Crippen LogP contribution in [-0.4, -0.2) is 15.5 Å². The molecule has 0 radical (unpaired) electrons. The summed E-state index contributed by atoms with van der Waals surface area (Å²) in [5.41, 5.74) is -0.621. The zero-order valence-corrected chi connectivity index (χ0v) is 15.7. The van der Waals surface area contributed by atoms with Crippen LogP contribution in [0.2, 0.25) is 5.02 Å². The number of pyridine rings is 1. The second kappa shape index (κ2) is 6.94. The SMILES string of the molecule is CCCn1c(O)c(C(=O)c2sc3ccccc3c2Cl)c(C)c(C#N)c1=O. The Balaban J connectivity index is 2.30. The Hall–Kier alpha value is -2.62. The first kappa shape index (κ1) is 18.2. The number of hydrogen-bond acceptors (Lipinski definition) is 5. The van der Waals surface area contributed by atoms with Gasteiger partial charge in [-0.1, -0.05) is 36.7 Å². The molecule has 0 fully saturated rings. The van der Waals surface area contributed by atoms with Crippen LogP contribution >= 0.6 is 22.9 Å². The first-order chi connectivity index (χ1) is 12.4. The number of aromatic nitrogens is 1. The van der Waals surface area contributed by atoms with Crippen molar-refractivity contribution in [1.82, 2.24) is 4.57 Å². The summed E-state index contributed by atoms with van der Waals surface area (Å²) in [7, 11) is 0. The summed E-state index contributed by atoms with van der Waals surface area (Å²) in [5.74, 6) is -0.917. The van der Waals surface area contributed by atoms with E-state index < -0.39 is 17.2 Å². The normalized spacial score (nSPS) is 10.8. The number of halogens is 1. The van der Waals surface area contributed by atoms with Gasteiger partial charge in [-0.05, 0) is 25.0 Å². The minimum atomic E-state index is -0.594. The van der Waals surface area contributed by atoms with Gasteiger partial charge >= 0.3 is 0 Å². The zero-order valence-electron chi connectivity index (χ0n) is 14.2. The number of nitriles is 1. The van der Waals surface area contributed by atoms with Crippen molar-refractivity contribution in [3.63, 3.8) is 0 Å². The number of aromatic hydroxyl groups is 1. The average Bonchev–Trinajstić information content (AvgIpc) is 2.96. The highest BCUT2D eigenvalue weighted by molar-refractivity contribution is 7.21. The predicted octanol–water partition coefficient (Wildman–Crippen LogP) is 4.24. The van der Waals surface area contributed by atoms with Crippen molar-refractivity contribution in [2.45, 2.75) is 26.8 Å². The minimum absolute atomic E-state index is 0.0527. The van der Waals surface area contributed by atoms with E-state index in [1.54, 1.807) is 0 Å². The van der Waals surface area contributed by atoms with E-state index >= 15 is 0 Å². The maximum atomic E-state index is 13.2. The molecular formula is C19H15ClN2O3S. The maximum Gasteiger partial charge on any atom is 0.271 e. The fourth-order valence-electron chi connectivity index (χ4n) is 2.93. The highest BCUT2D eigenvalue weighted by Gasteiger charge is 2.27. The molecule has 1 aromatic carbocycles. The molecule has 3 rings (SSSR count). The van der Waals surface area contributed by atoms with Crippen molar-refractivity contribution in [1.29, 1.82) is 5.26 Å². The Morgan fingerprint density at radius 2 is 2.08 bits per heavy atom. The number of benzene rings is 1. The van der Waals surface area contributed by atoms with Crippen molar-refractivity contribution in [2.24, 2.45) is 0 Å². The van der Waals surface area contributed by atoms with E-state index in [4.69, 9.17) is 11.6 Å². The van der Waals surface area contributed by atoms with E-state index in [0.717, 1.165) is 14.7 Å². The van der Waals surface area contributed by atoms with E-state index in [-0.39, 0.29) is 28.1 Å². The summed E-state index contributed by atoms with van der Waals surface area (Å²) in [4.78, 5) is 25.8. The van der Waals surface area contributed by atoms with E-state index in [0.29, 0.717) is 11.4 Å². The number of fused-ring (bicyclic) bond motifs is 1. The standard InChI is InChI=1S/C19H15ClN2O3S/c1-3-8-22-18(24)12(9-21)10(2)14(19(22)25)16(23)17-15(20)11-6-4-5-7-13(11)26-17/h4-7,25H,3,8H2,1-2H3. The smallest absolute Gasteiger partial charge is 0.271 e. The van der Waals surface area contributed by atoms with Gasteiger partial charge in [0.1, 0.15) is 11.6 Å². The van der Waals surface area contributed by atoms with Gasteiger partial charge in [-0.25, -0.2) is 0 Å². The molecule has 2 heterocycles. The molecule has 0 aliphatic carbocycles. The molecule has 0 amide bonds. The fraction of sp³-hybridized carbons (Fsp3) is 0.211. The van der Waals surface area contributed by atoms with Gasteiger partial charge in [0.25, 0.3) is 5.56 Å². The molecule has 0 saturated heterocycles. The summed E-state index contributed by atoms with van der Waals surface area (Å²) in [6.45, 7) is 3.53. The summed E-state index contributed by atoms with van der Waals surface area (Å²) < 4.78 is 1.92. The van der Waals surface area contributed by atoms with Gasteiger partial charge in [-0.2, -0.15) is 5.26 Å². The number of thiophene rings is 1. The molecule has 132 valence electrons. The van der Waals surface area contributed by atoms with Gasteiger partial charge in [0.15, 0.2) is 0 Å². The lowest BCUT2D eigenvalue weighted by molar-refractivity contribution is 0.103. The second-order valence-corrected chi connectivity index (χ2v) is 7.27. The lowest BCUT2D eigenvalue weighted by atomic mass is 10.0. The van der Waals surface area contributed by atoms with E-state index in [9.17, 15) is 20.0 Å². The first-order valence-corrected chi connectivity index (χ1v) is 9.20. The van der Waals surface area contributed by atoms with Gasteiger partial charge in [-0.3, -0.25) is 14.2 Å². The molecule has 26 heavy (non-hydrogen) atoms. The van der Waals surface area contributed by atoms with Crippen LogP contribution < -0.4 is 5.56 Å². The molecule has 3 aromatic rings. The third kappa shape index (κ3) is 2.70. The number of ketones is 1. The Bertz CT molecular complexity index is 1140. The van der Waals surface area contributed by atoms with Gasteiger partial charge in [0, 0.05) is 16.6 Å². The highest BCUT2D eigenvalue weighted by atomic mass is 35.5. The lowest BCUT2D eigenvalue weighted by Crippen LogP contribution is -2.26. The van der Waals surface area contributed by atoms with Crippen LogP contribution in [0.4, 0.5) is 0 Å². The molecule has 7 heteroatoms. The Morgan fingerprint density at radius 3 is 2.69 bits per heavy atom. The summed E-state index contributed by atoms with van der Waals surface area (Å²) in [5, 5.41) is 21.0. The molecule has 1 N–H and O–H groups in total. The predicted molar refractivity (Wildman–Crippen MR) is 102 cm³/mol. The maximum absolute atomic E-state index is 13.2. The summed E-state index contributed by atoms with van der Waals surface area (Å²) in [6.07, 6.45) is 0.568. The average molecular weight is 387 g/mol. The second-order valence-electron chi connectivity index (χ2n) is 5.84. The topological polar surface area (TPSA) is 83.1 Å². The van der Waals surface area contributed by atoms with Crippen molar-refractivity contribution >= 4 is 38.8 Å². The van der Waals surface area contributed by atoms with E-state index in [2.05, 4.69) is 0 Å². The molecule has 0 aliphatic heterocycles. The lowest BCUT2D eigenvalue weighted by Gasteiger charge is -2.14. The number of hydrogen-bond donors (Lipinski definition) is 1. The molecular weight excluding hydrogens is 372 g/mol. The van der Waals surface area contributed by atoms with E-state index in [1.165, 1.54) is 18.3 Å². The van der Waals surface area contributed by atoms with Crippen LogP contribution in [0.1, 0.15) is 39.7 Å². The van der Waals surface area contributed by atoms with Crippen LogP contribution in [0.5, 0.6) is 5.88 Å². The molecule has 0 bridgehead atoms. The largest absolute Gasteiger partial charge is 0.494 e. The fourth-order valence-corrected chi connectivity index (χ4v) is 4.39. The molecule has 0 atom stereocenters. The van der Waals surface area contributed by atoms with Gasteiger partial charge in [0.2, 0.25) is 11.7 Å². The van der Waals surface area contributed by atoms with Crippen LogP contribution in [0, 0.1) is 18.3 Å². The number of carbonyl (C=O) groups excluding carboxylic acids is 1. The number of rotatable bonds is 4. The quantitative estimate of drug-likeness (QED) is 0.679. The number of carbonyl (C=O) groups is 1. The summed E-state index contributed by atoms with van der Waals surface area (Å²) >= 11 is 7.61. The Kier molecular flexibility index (Phi) is 4.86. The number of nitrogens with zero attached hydrogens (tertiary/aromatic N) is 2. The van der Waals surface area contributed by atoms with Crippen molar-refractivity contribution in [2.75, 3.05) is 0 Å². The summed E-state index contributed by atoms with van der Waals surface area (Å²) in [6, 6.07) is 9.20. The van der Waals surface area contributed by atoms with Crippen molar-refractivity contribution in [3.05, 3.63) is 61.2 Å². The van der Waals surface area contributed by atoms with Crippen LogP contribution in [0.15, 0.2) is 29.1 Å². The van der Waals surface area contributed by atoms with Gasteiger partial charge in [-0.15, -0.1) is 11.3 Å². The molecule has 5 nitrogen and oxygen atoms in total. The zero-order chi connectivity index (χ0) is 19.0. The van der Waals surface area contributed by atoms with Crippen molar-refractivity contribution < 1.29 is 9.90 Å². The van der Waals surface area contributed by atoms with Crippen LogP contribution in [-0.2, 0) is 6.54 Å². The van der Waals surface area contributed by atoms with E-state index in [1.807, 2.05) is 37.3 Å². The van der Waals surface area contributed by atoms with Crippen LogP contribution in [0.3, 0.4) is 0 Å². The monoisotopic (exact) mass is 386 g/mol. The Morgan fingerprint density at radius 1 is 1.38 bits per heavy atom. The van der Waals surface area contributed by atoms with Gasteiger partial charge in [0.05, 0.1) is 15.5 Å². The molecule has 0 saturated carbocycles. The minimum Gasteiger partial charge on any atom is -0.494 e. The van der Waals surface area contributed by atoms with Crippen LogP contribution in [0.25, 0.3) is 10.1 Å².